The molecular weight excluding hydrogens is 242 g/mol. The fourth-order valence-electron chi connectivity index (χ4n) is 1.58. The van der Waals surface area contributed by atoms with Crippen molar-refractivity contribution in [1.82, 2.24) is 4.98 Å². The lowest BCUT2D eigenvalue weighted by Crippen LogP contribution is -2.20. The number of ether oxygens (including phenoxy) is 1. The first-order valence-corrected chi connectivity index (χ1v) is 6.19. The third kappa shape index (κ3) is 1.51. The lowest BCUT2D eigenvalue weighted by Gasteiger charge is -2.21. The van der Waals surface area contributed by atoms with Crippen molar-refractivity contribution in [3.05, 3.63) is 42.8 Å². The van der Waals surface area contributed by atoms with Crippen molar-refractivity contribution in [3.63, 3.8) is 0 Å². The molecule has 86 valence electrons. The molecule has 0 spiro atoms. The molecule has 2 aliphatic heterocycles. The average Bonchev–Trinajstić information content (AvgIpc) is 2.47. The predicted octanol–water partition coefficient (Wildman–Crippen LogP) is 1.00. The van der Waals surface area contributed by atoms with Crippen LogP contribution in [-0.4, -0.2) is 19.6 Å². The van der Waals surface area contributed by atoms with Gasteiger partial charge in [-0.3, -0.25) is 4.90 Å². The van der Waals surface area contributed by atoms with Crippen molar-refractivity contribution >= 4 is 22.1 Å². The number of sulfonamides is 1. The molecule has 0 fully saturated rings. The molecule has 17 heavy (non-hydrogen) atoms. The fraction of sp³-hybridized carbons (Fsp3) is 0. The number of hydrogen-bond donors (Lipinski definition) is 0. The lowest BCUT2D eigenvalue weighted by atomic mass is 10.3. The molecule has 0 radical (unpaired) electrons. The maximum atomic E-state index is 11.9. The summed E-state index contributed by atoms with van der Waals surface area (Å²) in [5, 5.41) is 0. The van der Waals surface area contributed by atoms with E-state index in [1.807, 2.05) is 0 Å². The molecule has 0 aromatic carbocycles. The Bertz CT molecular complexity index is 661. The summed E-state index contributed by atoms with van der Waals surface area (Å²) in [6.45, 7) is 0. The van der Waals surface area contributed by atoms with Crippen molar-refractivity contribution in [2.75, 3.05) is 4.90 Å². The molecule has 1 aromatic heterocycles. The minimum atomic E-state index is -3.70. The van der Waals surface area contributed by atoms with E-state index in [2.05, 4.69) is 9.38 Å². The molecule has 0 aliphatic carbocycles. The first-order valence-electron chi connectivity index (χ1n) is 4.75. The van der Waals surface area contributed by atoms with Crippen LogP contribution in [0.15, 0.2) is 52.0 Å². The number of anilines is 1. The highest BCUT2D eigenvalue weighted by atomic mass is 32.2. The van der Waals surface area contributed by atoms with Crippen LogP contribution < -0.4 is 4.90 Å². The van der Waals surface area contributed by atoms with Crippen molar-refractivity contribution in [1.29, 1.82) is 0 Å². The van der Waals surface area contributed by atoms with Gasteiger partial charge >= 0.3 is 0 Å². The lowest BCUT2D eigenvalue weighted by molar-refractivity contribution is 0.391. The van der Waals surface area contributed by atoms with E-state index in [-0.39, 0.29) is 4.90 Å². The number of aromatic nitrogens is 1. The zero-order chi connectivity index (χ0) is 11.9. The fourth-order valence-corrected chi connectivity index (χ4v) is 2.57. The highest BCUT2D eigenvalue weighted by molar-refractivity contribution is 7.90. The molecule has 3 rings (SSSR count). The Kier molecular flexibility index (Phi) is 2.02. The van der Waals surface area contributed by atoms with Gasteiger partial charge in [0.25, 0.3) is 10.0 Å². The molecule has 0 saturated carbocycles. The third-order valence-electron chi connectivity index (χ3n) is 2.34. The summed E-state index contributed by atoms with van der Waals surface area (Å²) in [5.74, 6) is 0.316. The Morgan fingerprint density at radius 1 is 1.35 bits per heavy atom. The Morgan fingerprint density at radius 3 is 3.12 bits per heavy atom. The van der Waals surface area contributed by atoms with Crippen LogP contribution in [0.4, 0.5) is 5.82 Å². The normalized spacial score (nSPS) is 19.8. The quantitative estimate of drug-likeness (QED) is 0.686. The van der Waals surface area contributed by atoms with Gasteiger partial charge in [0.1, 0.15) is 23.1 Å². The number of nitrogens with zero attached hydrogens (tertiary/aromatic N) is 3. The van der Waals surface area contributed by atoms with E-state index >= 15 is 0 Å². The molecule has 6 nitrogen and oxygen atoms in total. The van der Waals surface area contributed by atoms with Gasteiger partial charge in [0, 0.05) is 12.4 Å². The van der Waals surface area contributed by atoms with Crippen molar-refractivity contribution in [2.45, 2.75) is 4.90 Å². The summed E-state index contributed by atoms with van der Waals surface area (Å²) in [6, 6.07) is 3.03. The molecule has 2 aliphatic rings. The van der Waals surface area contributed by atoms with E-state index in [4.69, 9.17) is 4.74 Å². The van der Waals surface area contributed by atoms with E-state index in [1.54, 1.807) is 17.2 Å². The van der Waals surface area contributed by atoms with Gasteiger partial charge in [-0.2, -0.15) is 12.8 Å². The van der Waals surface area contributed by atoms with Crippen LogP contribution in [0, 0.1) is 0 Å². The minimum Gasteiger partial charge on any atom is -0.469 e. The van der Waals surface area contributed by atoms with Gasteiger partial charge in [-0.05, 0) is 12.1 Å². The first-order chi connectivity index (χ1) is 8.18. The van der Waals surface area contributed by atoms with Crippen LogP contribution in [-0.2, 0) is 14.8 Å². The zero-order valence-electron chi connectivity index (χ0n) is 8.52. The second-order valence-corrected chi connectivity index (χ2v) is 4.97. The molecule has 3 heterocycles. The third-order valence-corrected chi connectivity index (χ3v) is 3.59. The van der Waals surface area contributed by atoms with Crippen LogP contribution in [0.2, 0.25) is 0 Å². The van der Waals surface area contributed by atoms with Gasteiger partial charge in [0.2, 0.25) is 0 Å². The molecule has 0 atom stereocenters. The largest absolute Gasteiger partial charge is 0.469 e. The first kappa shape index (κ1) is 10.0. The number of hydrogen-bond acceptors (Lipinski definition) is 5. The second-order valence-electron chi connectivity index (χ2n) is 3.37. The monoisotopic (exact) mass is 249 g/mol. The summed E-state index contributed by atoms with van der Waals surface area (Å²) in [6.07, 6.45) is 7.20. The summed E-state index contributed by atoms with van der Waals surface area (Å²) >= 11 is 0. The smallest absolute Gasteiger partial charge is 0.286 e. The van der Waals surface area contributed by atoms with Crippen molar-refractivity contribution in [3.8, 4) is 0 Å². The number of rotatable bonds is 0. The van der Waals surface area contributed by atoms with E-state index in [0.29, 0.717) is 11.5 Å². The van der Waals surface area contributed by atoms with Crippen molar-refractivity contribution < 1.29 is 13.2 Å². The Balaban J connectivity index is 2.33. The van der Waals surface area contributed by atoms with Gasteiger partial charge in [-0.1, -0.05) is 0 Å². The van der Waals surface area contributed by atoms with E-state index in [9.17, 15) is 8.42 Å². The van der Waals surface area contributed by atoms with Crippen LogP contribution in [0.3, 0.4) is 0 Å². The van der Waals surface area contributed by atoms with Gasteiger partial charge in [-0.15, -0.1) is 0 Å². The number of fused-ring (bicyclic) bond motifs is 3. The topological polar surface area (TPSA) is 71.9 Å². The van der Waals surface area contributed by atoms with Gasteiger partial charge in [0.05, 0.1) is 6.21 Å². The van der Waals surface area contributed by atoms with Crippen molar-refractivity contribution in [2.24, 2.45) is 4.40 Å². The number of pyridine rings is 1. The maximum absolute atomic E-state index is 11.9. The highest BCUT2D eigenvalue weighted by Gasteiger charge is 2.27. The van der Waals surface area contributed by atoms with E-state index in [0.717, 1.165) is 0 Å². The molecule has 0 amide bonds. The maximum Gasteiger partial charge on any atom is 0.286 e. The molecule has 7 heteroatoms. The zero-order valence-corrected chi connectivity index (χ0v) is 9.33. The summed E-state index contributed by atoms with van der Waals surface area (Å²) in [4.78, 5) is 5.76. The van der Waals surface area contributed by atoms with Gasteiger partial charge in [-0.25, -0.2) is 4.98 Å². The van der Waals surface area contributed by atoms with Crippen LogP contribution in [0.5, 0.6) is 0 Å². The van der Waals surface area contributed by atoms with Gasteiger partial charge in [0.15, 0.2) is 5.82 Å². The molecule has 0 N–H and O–H groups in total. The molecule has 0 bridgehead atoms. The standard InChI is InChI=1S/C10H7N3O3S/c14-17(15)9-2-1-3-11-10(9)13-4-5-16-7-8(13)6-12-17/h1-7H. The second kappa shape index (κ2) is 3.42. The average molecular weight is 249 g/mol. The van der Waals surface area contributed by atoms with Crippen LogP contribution in [0.25, 0.3) is 0 Å². The Hall–Kier alpha value is -2.15. The number of allylic oxidation sites excluding steroid dienone is 1. The summed E-state index contributed by atoms with van der Waals surface area (Å²) in [7, 11) is -3.70. The molecule has 0 saturated heterocycles. The molecule has 1 aromatic rings. The summed E-state index contributed by atoms with van der Waals surface area (Å²) < 4.78 is 32.3. The SMILES string of the molecule is O=S1(=O)N=CC2=COC=CN2c2ncccc21. The minimum absolute atomic E-state index is 0.0752. The molecule has 0 unspecified atom stereocenters. The highest BCUT2D eigenvalue weighted by Crippen LogP contribution is 2.30. The van der Waals surface area contributed by atoms with E-state index < -0.39 is 10.0 Å². The Labute approximate surface area is 97.6 Å². The van der Waals surface area contributed by atoms with Crippen LogP contribution in [0.1, 0.15) is 0 Å². The van der Waals surface area contributed by atoms with Gasteiger partial charge < -0.3 is 4.74 Å². The summed E-state index contributed by atoms with van der Waals surface area (Å²) in [5.41, 5.74) is 0.508. The van der Waals surface area contributed by atoms with Crippen LogP contribution >= 0.6 is 0 Å². The molecular formula is C10H7N3O3S. The predicted molar refractivity (Wildman–Crippen MR) is 60.7 cm³/mol. The van der Waals surface area contributed by atoms with E-state index in [1.165, 1.54) is 31.0 Å². The Morgan fingerprint density at radius 2 is 2.24 bits per heavy atom.